The first-order valence-corrected chi connectivity index (χ1v) is 12.4. The van der Waals surface area contributed by atoms with Gasteiger partial charge in [0, 0.05) is 40.7 Å². The molecule has 2 atom stereocenters. The first-order valence-electron chi connectivity index (χ1n) is 11.6. The number of benzene rings is 2. The maximum absolute atomic E-state index is 13.9. The third-order valence-electron chi connectivity index (χ3n) is 5.40. The fourth-order valence-corrected chi connectivity index (χ4v) is 4.22. The largest absolute Gasteiger partial charge is 0.508 e. The Morgan fingerprint density at radius 1 is 1.22 bits per heavy atom. The van der Waals surface area contributed by atoms with Crippen LogP contribution >= 0.6 is 15.9 Å². The molecule has 0 fully saturated rings. The average molecular weight is 579 g/mol. The number of guanidine groups is 1. The summed E-state index contributed by atoms with van der Waals surface area (Å²) in [7, 11) is 0. The summed E-state index contributed by atoms with van der Waals surface area (Å²) in [6, 6.07) is 8.28. The predicted octanol–water partition coefficient (Wildman–Crippen LogP) is 2.45. The number of aromatic hydroxyl groups is 1. The van der Waals surface area contributed by atoms with Crippen molar-refractivity contribution in [3.05, 3.63) is 57.8 Å². The number of ether oxygens (including phenoxy) is 1. The second kappa shape index (κ2) is 13.2. The van der Waals surface area contributed by atoms with Gasteiger partial charge < -0.3 is 30.9 Å². The number of aliphatic hydroxyl groups excluding tert-OH is 1. The monoisotopic (exact) mass is 578 g/mol. The number of rotatable bonds is 10. The van der Waals surface area contributed by atoms with Crippen molar-refractivity contribution in [3.8, 4) is 5.75 Å². The number of hydrogen-bond donors (Lipinski definition) is 5. The zero-order valence-corrected chi connectivity index (χ0v) is 21.7. The van der Waals surface area contributed by atoms with Crippen molar-refractivity contribution in [1.82, 2.24) is 10.6 Å². The molecule has 0 aliphatic carbocycles. The first kappa shape index (κ1) is 28.1. The molecule has 1 aliphatic heterocycles. The lowest BCUT2D eigenvalue weighted by Crippen LogP contribution is -2.42. The molecule has 198 valence electrons. The van der Waals surface area contributed by atoms with Gasteiger partial charge in [-0.05, 0) is 42.8 Å². The van der Waals surface area contributed by atoms with E-state index in [2.05, 4.69) is 36.9 Å². The number of anilines is 1. The highest BCUT2D eigenvalue weighted by Crippen LogP contribution is 2.28. The van der Waals surface area contributed by atoms with Crippen LogP contribution < -0.4 is 16.0 Å². The van der Waals surface area contributed by atoms with Gasteiger partial charge in [-0.25, -0.2) is 4.39 Å². The van der Waals surface area contributed by atoms with E-state index in [1.807, 2.05) is 0 Å². The summed E-state index contributed by atoms with van der Waals surface area (Å²) in [6.45, 7) is 2.03. The van der Waals surface area contributed by atoms with Gasteiger partial charge in [-0.3, -0.25) is 19.4 Å². The Balaban J connectivity index is 1.64. The zero-order chi connectivity index (χ0) is 26.9. The highest BCUT2D eigenvalue weighted by atomic mass is 79.9. The van der Waals surface area contributed by atoms with E-state index in [1.165, 1.54) is 30.3 Å². The minimum atomic E-state index is -0.644. The number of aliphatic hydroxyl groups is 1. The van der Waals surface area contributed by atoms with Crippen molar-refractivity contribution in [3.63, 3.8) is 0 Å². The van der Waals surface area contributed by atoms with Crippen molar-refractivity contribution >= 4 is 45.2 Å². The summed E-state index contributed by atoms with van der Waals surface area (Å²) in [5.41, 5.74) is 0.934. The third kappa shape index (κ3) is 8.83. The van der Waals surface area contributed by atoms with Crippen molar-refractivity contribution in [2.24, 2.45) is 4.99 Å². The number of amides is 1. The summed E-state index contributed by atoms with van der Waals surface area (Å²) in [6.07, 6.45) is -0.841. The molecule has 1 heterocycles. The number of phenolic OH excluding ortho intramolecular Hbond substituents is 1. The summed E-state index contributed by atoms with van der Waals surface area (Å²) in [4.78, 5) is 41.6. The molecular weight excluding hydrogens is 551 g/mol. The number of Topliss-reactive ketones (excluding diaryl/α,β-unsaturated/α-hetero) is 1. The lowest BCUT2D eigenvalue weighted by Gasteiger charge is -2.20. The van der Waals surface area contributed by atoms with Gasteiger partial charge in [0.05, 0.1) is 32.2 Å². The van der Waals surface area contributed by atoms with Gasteiger partial charge in [0.2, 0.25) is 0 Å². The van der Waals surface area contributed by atoms with Crippen LogP contribution in [0.5, 0.6) is 5.75 Å². The minimum absolute atomic E-state index is 0.101. The molecule has 2 aromatic carbocycles. The number of hydrogen-bond acceptors (Lipinski definition) is 9. The van der Waals surface area contributed by atoms with Gasteiger partial charge in [0.25, 0.3) is 5.91 Å². The van der Waals surface area contributed by atoms with Crippen LogP contribution in [-0.2, 0) is 14.3 Å². The molecular formula is C25H28BrFN4O6. The molecule has 5 N–H and O–H groups in total. The molecule has 10 nitrogen and oxygen atoms in total. The zero-order valence-electron chi connectivity index (χ0n) is 20.1. The molecule has 0 bridgehead atoms. The maximum Gasteiger partial charge on any atom is 0.306 e. The summed E-state index contributed by atoms with van der Waals surface area (Å²) in [5, 5.41) is 27.9. The van der Waals surface area contributed by atoms with E-state index < -0.39 is 29.7 Å². The smallest absolute Gasteiger partial charge is 0.306 e. The minimum Gasteiger partial charge on any atom is -0.508 e. The molecule has 0 aromatic heterocycles. The topological polar surface area (TPSA) is 149 Å². The molecule has 12 heteroatoms. The van der Waals surface area contributed by atoms with E-state index in [0.29, 0.717) is 28.2 Å². The van der Waals surface area contributed by atoms with Crippen molar-refractivity contribution < 1.29 is 33.7 Å². The number of aliphatic imine (C=N–C) groups is 1. The van der Waals surface area contributed by atoms with Crippen LogP contribution in [0.1, 0.15) is 41.6 Å². The lowest BCUT2D eigenvalue weighted by molar-refractivity contribution is -0.143. The van der Waals surface area contributed by atoms with Gasteiger partial charge in [-0.15, -0.1) is 0 Å². The second-order valence-electron chi connectivity index (χ2n) is 8.45. The molecule has 1 unspecified atom stereocenters. The molecule has 37 heavy (non-hydrogen) atoms. The number of β-amino-alcohol motifs (C(OH)–C–C–N with tert-alkyl or cyclic N) is 1. The molecule has 3 rings (SSSR count). The van der Waals surface area contributed by atoms with Crippen LogP contribution in [-0.4, -0.2) is 66.2 Å². The van der Waals surface area contributed by atoms with Gasteiger partial charge in [-0.2, -0.15) is 0 Å². The normalized spacial score (nSPS) is 15.7. The Morgan fingerprint density at radius 2 is 2.00 bits per heavy atom. The number of carbonyl (C=O) groups excluding carboxylic acids is 3. The standard InChI is InChI=1S/C25H28BrFN4O6/c1-2-37-23(35)8-15(14-3-17(26)9-18(27)4-14)6-21(33)11-28-24(36)16-5-19(10-20(32)7-16)31-25-29-12-22(34)13-30-25/h3-5,7,9-10,15,22,32,34H,2,6,8,11-13H2,1H3,(H,28,36)(H2,29,30,31)/t15-/m0/s1. The summed E-state index contributed by atoms with van der Waals surface area (Å²) >= 11 is 3.22. The SMILES string of the molecule is CCOC(=O)C[C@H](CC(=O)CNC(=O)c1cc(O)cc(NC2=NCC(O)CN2)c1)c1cc(F)cc(Br)c1. The fourth-order valence-electron chi connectivity index (χ4n) is 3.73. The quantitative estimate of drug-likeness (QED) is 0.270. The van der Waals surface area contributed by atoms with Crippen LogP contribution in [0.15, 0.2) is 45.9 Å². The van der Waals surface area contributed by atoms with Crippen LogP contribution in [0.4, 0.5) is 10.1 Å². The number of esters is 1. The highest BCUT2D eigenvalue weighted by molar-refractivity contribution is 9.10. The molecule has 0 saturated heterocycles. The first-order chi connectivity index (χ1) is 17.6. The molecule has 1 aliphatic rings. The van der Waals surface area contributed by atoms with Crippen LogP contribution in [0.2, 0.25) is 0 Å². The molecule has 0 saturated carbocycles. The van der Waals surface area contributed by atoms with Crippen molar-refractivity contribution in [2.45, 2.75) is 31.8 Å². The second-order valence-corrected chi connectivity index (χ2v) is 9.37. The summed E-state index contributed by atoms with van der Waals surface area (Å²) in [5.74, 6) is -2.45. The molecule has 0 spiro atoms. The van der Waals surface area contributed by atoms with E-state index in [9.17, 15) is 29.0 Å². The number of nitrogens with zero attached hydrogens (tertiary/aromatic N) is 1. The van der Waals surface area contributed by atoms with Gasteiger partial charge >= 0.3 is 5.97 Å². The Kier molecular flexibility index (Phi) is 9.98. The average Bonchev–Trinajstić information content (AvgIpc) is 2.83. The van der Waals surface area contributed by atoms with E-state index in [1.54, 1.807) is 13.0 Å². The van der Waals surface area contributed by atoms with E-state index in [-0.39, 0.29) is 49.6 Å². The number of ketones is 1. The van der Waals surface area contributed by atoms with E-state index in [0.717, 1.165) is 0 Å². The van der Waals surface area contributed by atoms with Crippen LogP contribution in [0.3, 0.4) is 0 Å². The number of nitrogens with one attached hydrogen (secondary N) is 3. The van der Waals surface area contributed by atoms with E-state index in [4.69, 9.17) is 4.74 Å². The molecule has 0 radical (unpaired) electrons. The number of carbonyl (C=O) groups is 3. The third-order valence-corrected chi connectivity index (χ3v) is 5.86. The number of phenols is 1. The lowest BCUT2D eigenvalue weighted by atomic mass is 9.90. The Bertz CT molecular complexity index is 1170. The van der Waals surface area contributed by atoms with Gasteiger partial charge in [-0.1, -0.05) is 15.9 Å². The van der Waals surface area contributed by atoms with Gasteiger partial charge in [0.1, 0.15) is 11.6 Å². The Hall–Kier alpha value is -3.51. The van der Waals surface area contributed by atoms with Crippen molar-refractivity contribution in [1.29, 1.82) is 0 Å². The fraction of sp³-hybridized carbons (Fsp3) is 0.360. The van der Waals surface area contributed by atoms with Crippen LogP contribution in [0, 0.1) is 5.82 Å². The maximum atomic E-state index is 13.9. The summed E-state index contributed by atoms with van der Waals surface area (Å²) < 4.78 is 19.4. The number of halogens is 2. The Labute approximate surface area is 221 Å². The van der Waals surface area contributed by atoms with Crippen molar-refractivity contribution in [2.75, 3.05) is 31.6 Å². The van der Waals surface area contributed by atoms with Gasteiger partial charge in [0.15, 0.2) is 11.7 Å². The molecule has 2 aromatic rings. The molecule has 1 amide bonds. The van der Waals surface area contributed by atoms with E-state index >= 15 is 0 Å². The highest BCUT2D eigenvalue weighted by Gasteiger charge is 2.22. The predicted molar refractivity (Wildman–Crippen MR) is 138 cm³/mol. The van der Waals surface area contributed by atoms with Crippen LogP contribution in [0.25, 0.3) is 0 Å². The Morgan fingerprint density at radius 3 is 2.68 bits per heavy atom.